The number of benzene rings is 3. The average Bonchev–Trinajstić information content (AvgIpc) is 3.24. The van der Waals surface area contributed by atoms with Crippen LogP contribution in [0.5, 0.6) is 0 Å². The zero-order valence-corrected chi connectivity index (χ0v) is 24.8. The molecule has 3 aromatic carbocycles. The second-order valence-corrected chi connectivity index (χ2v) is 9.69. The monoisotopic (exact) mass is 673 g/mol. The second kappa shape index (κ2) is 12.0. The van der Waals surface area contributed by atoms with Gasteiger partial charge in [0.05, 0.1) is 0 Å². The van der Waals surface area contributed by atoms with Gasteiger partial charge in [-0.2, -0.15) is 0 Å². The van der Waals surface area contributed by atoms with Crippen LogP contribution in [0.15, 0.2) is 97.3 Å². The fourth-order valence-corrected chi connectivity index (χ4v) is 5.60. The van der Waals surface area contributed by atoms with E-state index in [4.69, 9.17) is 0 Å². The van der Waals surface area contributed by atoms with Crippen LogP contribution in [0.4, 0.5) is 0 Å². The number of hydrogen-bond acceptors (Lipinski definition) is 2. The maximum atomic E-state index is 4.59. The van der Waals surface area contributed by atoms with Crippen LogP contribution >= 0.6 is 0 Å². The normalized spacial score (nSPS) is 12.4. The maximum absolute atomic E-state index is 4.59. The van der Waals surface area contributed by atoms with Crippen LogP contribution in [0, 0.1) is 26.0 Å². The van der Waals surface area contributed by atoms with Crippen molar-refractivity contribution in [1.29, 1.82) is 0 Å². The summed E-state index contributed by atoms with van der Waals surface area (Å²) >= 11 is 0. The standard InChI is InChI=1S/C22H20N.C13H12N.Ir/c1-3-22(4-2)19-13-6-5-10-16(19)17-11-9-12-18(21(17)22)20-14-7-8-15-23-20;1-10-4-3-5-12(8-10)13-9-11(2)6-7-14-13;/h5-11,13-15H,3-4H2,1-2H3;3-4,6-9H,1-2H3;/q2*-1;. The minimum atomic E-state index is 0. The molecule has 0 aliphatic heterocycles. The van der Waals surface area contributed by atoms with Crippen molar-refractivity contribution >= 4 is 0 Å². The molecule has 0 bridgehead atoms. The Morgan fingerprint density at radius 2 is 1.39 bits per heavy atom. The number of rotatable bonds is 4. The topological polar surface area (TPSA) is 25.8 Å². The molecule has 193 valence electrons. The van der Waals surface area contributed by atoms with E-state index in [-0.39, 0.29) is 25.5 Å². The molecule has 5 aromatic rings. The Kier molecular flexibility index (Phi) is 8.72. The number of fused-ring (bicyclic) bond motifs is 3. The number of pyridine rings is 2. The van der Waals surface area contributed by atoms with E-state index in [9.17, 15) is 0 Å². The largest absolute Gasteiger partial charge is 0.305 e. The molecule has 2 nitrogen and oxygen atoms in total. The minimum absolute atomic E-state index is 0. The van der Waals surface area contributed by atoms with Gasteiger partial charge in [0.25, 0.3) is 0 Å². The number of nitrogens with zero attached hydrogens (tertiary/aromatic N) is 2. The summed E-state index contributed by atoms with van der Waals surface area (Å²) in [7, 11) is 0. The third kappa shape index (κ3) is 5.14. The predicted molar refractivity (Wildman–Crippen MR) is 153 cm³/mol. The van der Waals surface area contributed by atoms with E-state index in [1.165, 1.54) is 33.4 Å². The Morgan fingerprint density at radius 3 is 2.11 bits per heavy atom. The van der Waals surface area contributed by atoms with Gasteiger partial charge in [0, 0.05) is 32.5 Å². The first kappa shape index (κ1) is 27.6. The smallest absolute Gasteiger partial charge is 0.0163 e. The van der Waals surface area contributed by atoms with Gasteiger partial charge in [-0.1, -0.05) is 87.2 Å². The van der Waals surface area contributed by atoms with Crippen LogP contribution in [-0.4, -0.2) is 9.97 Å². The van der Waals surface area contributed by atoms with E-state index in [1.807, 2.05) is 42.7 Å². The van der Waals surface area contributed by atoms with Gasteiger partial charge >= 0.3 is 0 Å². The molecule has 0 spiro atoms. The Balaban J connectivity index is 0.000000193. The molecule has 3 heteroatoms. The molecule has 2 aromatic heterocycles. The van der Waals surface area contributed by atoms with Crippen LogP contribution in [0.25, 0.3) is 33.6 Å². The Labute approximate surface area is 240 Å². The molecule has 1 radical (unpaired) electrons. The molecule has 0 fully saturated rings. The summed E-state index contributed by atoms with van der Waals surface area (Å²) in [4.78, 5) is 8.91. The molecule has 0 saturated carbocycles. The maximum Gasteiger partial charge on any atom is 0.0163 e. The first-order valence-electron chi connectivity index (χ1n) is 13.0. The van der Waals surface area contributed by atoms with Crippen LogP contribution in [0.3, 0.4) is 0 Å². The molecule has 6 rings (SSSR count). The van der Waals surface area contributed by atoms with Crippen molar-refractivity contribution in [1.82, 2.24) is 9.97 Å². The van der Waals surface area contributed by atoms with Gasteiger partial charge in [0.1, 0.15) is 0 Å². The van der Waals surface area contributed by atoms with E-state index < -0.39 is 0 Å². The number of aromatic nitrogens is 2. The van der Waals surface area contributed by atoms with Gasteiger partial charge in [-0.3, -0.25) is 0 Å². The molecule has 1 aliphatic carbocycles. The zero-order valence-electron chi connectivity index (χ0n) is 22.4. The van der Waals surface area contributed by atoms with Crippen molar-refractivity contribution in [3.05, 3.63) is 132 Å². The average molecular weight is 673 g/mol. The Hall–Kier alpha value is -3.39. The van der Waals surface area contributed by atoms with Crippen molar-refractivity contribution in [3.8, 4) is 33.6 Å². The van der Waals surface area contributed by atoms with E-state index >= 15 is 0 Å². The Bertz CT molecular complexity index is 1480. The minimum Gasteiger partial charge on any atom is -0.305 e. The molecule has 1 aliphatic rings. The summed E-state index contributed by atoms with van der Waals surface area (Å²) in [6.45, 7) is 8.74. The van der Waals surface area contributed by atoms with E-state index in [1.54, 1.807) is 0 Å². The van der Waals surface area contributed by atoms with Crippen LogP contribution in [0.2, 0.25) is 0 Å². The predicted octanol–water partition coefficient (Wildman–Crippen LogP) is 8.80. The van der Waals surface area contributed by atoms with Crippen LogP contribution < -0.4 is 0 Å². The molecule has 2 heterocycles. The zero-order chi connectivity index (χ0) is 25.8. The molecule has 0 amide bonds. The molecule has 0 atom stereocenters. The summed E-state index contributed by atoms with van der Waals surface area (Å²) in [5.41, 5.74) is 12.3. The van der Waals surface area contributed by atoms with Gasteiger partial charge in [0.15, 0.2) is 0 Å². The summed E-state index contributed by atoms with van der Waals surface area (Å²) in [6.07, 6.45) is 5.88. The van der Waals surface area contributed by atoms with Gasteiger partial charge in [-0.15, -0.1) is 64.7 Å². The van der Waals surface area contributed by atoms with E-state index in [2.05, 4.69) is 104 Å². The summed E-state index contributed by atoms with van der Waals surface area (Å²) < 4.78 is 0. The molecule has 0 unspecified atom stereocenters. The third-order valence-electron chi connectivity index (χ3n) is 7.48. The van der Waals surface area contributed by atoms with Crippen molar-refractivity contribution in [2.75, 3.05) is 0 Å². The van der Waals surface area contributed by atoms with Gasteiger partial charge in [-0.05, 0) is 47.0 Å². The summed E-state index contributed by atoms with van der Waals surface area (Å²) in [5.74, 6) is 0. The van der Waals surface area contributed by atoms with E-state index in [0.29, 0.717) is 0 Å². The molecule has 0 N–H and O–H groups in total. The Morgan fingerprint density at radius 1 is 0.684 bits per heavy atom. The molecular formula is C35H32IrN2-2. The molecular weight excluding hydrogens is 641 g/mol. The van der Waals surface area contributed by atoms with Crippen molar-refractivity contribution in [2.24, 2.45) is 0 Å². The van der Waals surface area contributed by atoms with Gasteiger partial charge in [0.2, 0.25) is 0 Å². The summed E-state index contributed by atoms with van der Waals surface area (Å²) in [6, 6.07) is 36.0. The van der Waals surface area contributed by atoms with Crippen molar-refractivity contribution in [2.45, 2.75) is 46.0 Å². The first-order chi connectivity index (χ1) is 18.1. The fourth-order valence-electron chi connectivity index (χ4n) is 5.60. The van der Waals surface area contributed by atoms with Crippen LogP contribution in [0.1, 0.15) is 48.9 Å². The summed E-state index contributed by atoms with van der Waals surface area (Å²) in [5, 5.41) is 0. The van der Waals surface area contributed by atoms with Gasteiger partial charge < -0.3 is 9.97 Å². The molecule has 38 heavy (non-hydrogen) atoms. The second-order valence-electron chi connectivity index (χ2n) is 9.69. The first-order valence-corrected chi connectivity index (χ1v) is 13.0. The van der Waals surface area contributed by atoms with E-state index in [0.717, 1.165) is 35.4 Å². The number of hydrogen-bond donors (Lipinski definition) is 0. The quantitative estimate of drug-likeness (QED) is 0.179. The van der Waals surface area contributed by atoms with Crippen molar-refractivity contribution in [3.63, 3.8) is 0 Å². The molecule has 0 saturated heterocycles. The fraction of sp³-hybridized carbons (Fsp3) is 0.200. The van der Waals surface area contributed by atoms with Crippen LogP contribution in [-0.2, 0) is 25.5 Å². The van der Waals surface area contributed by atoms with Crippen molar-refractivity contribution < 1.29 is 20.1 Å². The van der Waals surface area contributed by atoms with Gasteiger partial charge in [-0.25, -0.2) is 0 Å². The SMILES string of the molecule is CCC1(CC)c2ccccc2-c2cc[c-]c(-c3ccccn3)c21.Cc1cc[c-]c(-c2cc(C)ccn2)c1.[Ir]. The third-order valence-corrected chi connectivity index (χ3v) is 7.48. The number of aryl methyl sites for hydroxylation is 2.